The fourth-order valence-corrected chi connectivity index (χ4v) is 3.55. The molecule has 0 radical (unpaired) electrons. The summed E-state index contributed by atoms with van der Waals surface area (Å²) in [5, 5.41) is 0. The first-order chi connectivity index (χ1) is 8.99. The van der Waals surface area contributed by atoms with Crippen molar-refractivity contribution >= 4 is 0 Å². The van der Waals surface area contributed by atoms with Gasteiger partial charge in [0.1, 0.15) is 5.75 Å². The van der Waals surface area contributed by atoms with Crippen LogP contribution in [0.3, 0.4) is 0 Å². The lowest BCUT2D eigenvalue weighted by atomic mass is 9.74. The Morgan fingerprint density at radius 1 is 1.16 bits per heavy atom. The van der Waals surface area contributed by atoms with E-state index in [0.717, 1.165) is 12.4 Å². The van der Waals surface area contributed by atoms with E-state index in [2.05, 4.69) is 49.9 Å². The number of nitrogens with zero attached hydrogens (tertiary/aromatic N) is 1. The summed E-state index contributed by atoms with van der Waals surface area (Å²) < 4.78 is 5.91. The second kappa shape index (κ2) is 4.52. The predicted octanol–water partition coefficient (Wildman–Crippen LogP) is 3.46. The number of fused-ring (bicyclic) bond motifs is 2. The quantitative estimate of drug-likeness (QED) is 0.766. The number of hydrogen-bond acceptors (Lipinski definition) is 2. The third kappa shape index (κ3) is 2.51. The third-order valence-electron chi connectivity index (χ3n) is 4.47. The Morgan fingerprint density at radius 3 is 2.53 bits per heavy atom. The molecule has 0 saturated carbocycles. The van der Waals surface area contributed by atoms with Gasteiger partial charge in [-0.3, -0.25) is 0 Å². The van der Waals surface area contributed by atoms with Crippen molar-refractivity contribution in [2.75, 3.05) is 26.2 Å². The highest BCUT2D eigenvalue weighted by Crippen LogP contribution is 2.45. The molecule has 1 aromatic carbocycles. The lowest BCUT2D eigenvalue weighted by Gasteiger charge is -2.40. The summed E-state index contributed by atoms with van der Waals surface area (Å²) in [7, 11) is 0. The Kier molecular flexibility index (Phi) is 3.09. The number of piperidine rings is 1. The molecule has 1 aromatic rings. The van der Waals surface area contributed by atoms with Crippen molar-refractivity contribution in [2.45, 2.75) is 39.0 Å². The molecule has 0 aliphatic carbocycles. The molecule has 19 heavy (non-hydrogen) atoms. The Hall–Kier alpha value is -1.02. The third-order valence-corrected chi connectivity index (χ3v) is 4.47. The summed E-state index contributed by atoms with van der Waals surface area (Å²) in [5.41, 5.74) is 2.14. The van der Waals surface area contributed by atoms with Gasteiger partial charge in [-0.2, -0.15) is 0 Å². The van der Waals surface area contributed by atoms with Gasteiger partial charge in [-0.25, -0.2) is 0 Å². The second-order valence-electron chi connectivity index (χ2n) is 7.40. The van der Waals surface area contributed by atoms with Crippen LogP contribution in [0.5, 0.6) is 5.75 Å². The van der Waals surface area contributed by atoms with E-state index in [1.807, 2.05) is 0 Å². The van der Waals surface area contributed by atoms with E-state index in [0.29, 0.717) is 10.8 Å². The number of likely N-dealkylation sites (tertiary alicyclic amines) is 1. The molecule has 0 unspecified atom stereocenters. The van der Waals surface area contributed by atoms with Crippen molar-refractivity contribution in [2.24, 2.45) is 5.41 Å². The Morgan fingerprint density at radius 2 is 1.84 bits per heavy atom. The van der Waals surface area contributed by atoms with Crippen molar-refractivity contribution in [1.82, 2.24) is 4.90 Å². The van der Waals surface area contributed by atoms with Gasteiger partial charge in [-0.1, -0.05) is 39.0 Å². The molecule has 0 aromatic heterocycles. The van der Waals surface area contributed by atoms with Gasteiger partial charge in [0.15, 0.2) is 0 Å². The molecule has 2 heterocycles. The van der Waals surface area contributed by atoms with Crippen LogP contribution in [0.25, 0.3) is 0 Å². The van der Waals surface area contributed by atoms with Gasteiger partial charge in [0.2, 0.25) is 0 Å². The Balaban J connectivity index is 1.71. The largest absolute Gasteiger partial charge is 0.492 e. The maximum Gasteiger partial charge on any atom is 0.123 e. The topological polar surface area (TPSA) is 12.5 Å². The summed E-state index contributed by atoms with van der Waals surface area (Å²) in [6.07, 6.45) is 2.47. The van der Waals surface area contributed by atoms with Crippen LogP contribution in [0.15, 0.2) is 24.3 Å². The molecular weight excluding hydrogens is 234 g/mol. The van der Waals surface area contributed by atoms with E-state index in [9.17, 15) is 0 Å². The number of ether oxygens (including phenoxy) is 1. The number of benzene rings is 1. The maximum atomic E-state index is 5.91. The van der Waals surface area contributed by atoms with E-state index < -0.39 is 0 Å². The smallest absolute Gasteiger partial charge is 0.123 e. The van der Waals surface area contributed by atoms with Crippen molar-refractivity contribution in [3.05, 3.63) is 29.8 Å². The molecule has 2 heteroatoms. The van der Waals surface area contributed by atoms with E-state index in [-0.39, 0.29) is 0 Å². The monoisotopic (exact) mass is 259 g/mol. The van der Waals surface area contributed by atoms with Crippen molar-refractivity contribution in [3.8, 4) is 5.75 Å². The molecule has 0 N–H and O–H groups in total. The van der Waals surface area contributed by atoms with Gasteiger partial charge in [0.05, 0.1) is 6.61 Å². The first-order valence-corrected chi connectivity index (χ1v) is 7.43. The first kappa shape index (κ1) is 13.0. The van der Waals surface area contributed by atoms with Crippen LogP contribution >= 0.6 is 0 Å². The van der Waals surface area contributed by atoms with Crippen molar-refractivity contribution < 1.29 is 4.74 Å². The minimum Gasteiger partial charge on any atom is -0.492 e. The highest BCUT2D eigenvalue weighted by Gasteiger charge is 2.42. The molecule has 2 aliphatic heterocycles. The summed E-state index contributed by atoms with van der Waals surface area (Å²) >= 11 is 0. The summed E-state index contributed by atoms with van der Waals surface area (Å²) in [5.74, 6) is 1.12. The molecule has 2 nitrogen and oxygen atoms in total. The minimum atomic E-state index is 0.297. The predicted molar refractivity (Wildman–Crippen MR) is 78.7 cm³/mol. The van der Waals surface area contributed by atoms with Crippen LogP contribution in [0.4, 0.5) is 0 Å². The fourth-order valence-electron chi connectivity index (χ4n) is 3.55. The molecule has 0 bridgehead atoms. The van der Waals surface area contributed by atoms with Gasteiger partial charge in [-0.15, -0.1) is 0 Å². The number of para-hydroxylation sites is 1. The second-order valence-corrected chi connectivity index (χ2v) is 7.40. The zero-order valence-corrected chi connectivity index (χ0v) is 12.4. The van der Waals surface area contributed by atoms with Crippen LogP contribution in [-0.2, 0) is 5.41 Å². The Labute approximate surface area is 116 Å². The molecular formula is C17H25NO. The van der Waals surface area contributed by atoms with Gasteiger partial charge >= 0.3 is 0 Å². The normalized spacial score (nSPS) is 22.3. The lowest BCUT2D eigenvalue weighted by Crippen LogP contribution is -2.46. The van der Waals surface area contributed by atoms with Crippen LogP contribution in [0, 0.1) is 5.41 Å². The molecule has 2 aliphatic rings. The molecule has 0 atom stereocenters. The highest BCUT2D eigenvalue weighted by molar-refractivity contribution is 5.43. The highest BCUT2D eigenvalue weighted by atomic mass is 16.5. The van der Waals surface area contributed by atoms with Crippen LogP contribution in [0.1, 0.15) is 39.2 Å². The molecule has 1 spiro atoms. The lowest BCUT2D eigenvalue weighted by molar-refractivity contribution is 0.106. The van der Waals surface area contributed by atoms with Crippen molar-refractivity contribution in [3.63, 3.8) is 0 Å². The van der Waals surface area contributed by atoms with Gasteiger partial charge < -0.3 is 9.64 Å². The van der Waals surface area contributed by atoms with Crippen LogP contribution < -0.4 is 4.74 Å². The molecule has 1 fully saturated rings. The van der Waals surface area contributed by atoms with E-state index >= 15 is 0 Å². The van der Waals surface area contributed by atoms with Gasteiger partial charge in [-0.05, 0) is 37.4 Å². The average Bonchev–Trinajstić information content (AvgIpc) is 2.71. The van der Waals surface area contributed by atoms with Crippen molar-refractivity contribution in [1.29, 1.82) is 0 Å². The zero-order chi connectivity index (χ0) is 13.5. The molecule has 0 amide bonds. The first-order valence-electron chi connectivity index (χ1n) is 7.43. The molecule has 1 saturated heterocycles. The summed E-state index contributed by atoms with van der Waals surface area (Å²) in [6.45, 7) is 11.5. The van der Waals surface area contributed by atoms with E-state index in [1.54, 1.807) is 0 Å². The number of hydrogen-bond donors (Lipinski definition) is 0. The number of rotatable bonds is 1. The fraction of sp³-hybridized carbons (Fsp3) is 0.647. The van der Waals surface area contributed by atoms with Gasteiger partial charge in [0, 0.05) is 17.5 Å². The molecule has 104 valence electrons. The average molecular weight is 259 g/mol. The van der Waals surface area contributed by atoms with Crippen LogP contribution in [0.2, 0.25) is 0 Å². The van der Waals surface area contributed by atoms with Gasteiger partial charge in [0.25, 0.3) is 0 Å². The van der Waals surface area contributed by atoms with E-state index in [4.69, 9.17) is 4.74 Å². The maximum absolute atomic E-state index is 5.91. The van der Waals surface area contributed by atoms with E-state index in [1.165, 1.54) is 38.0 Å². The Bertz CT molecular complexity index is 453. The van der Waals surface area contributed by atoms with Crippen LogP contribution in [-0.4, -0.2) is 31.1 Å². The standard InChI is InChI=1S/C17H25NO/c1-16(2,3)12-18-10-8-17(9-11-18)13-19-15-7-5-4-6-14(15)17/h4-7H,8-13H2,1-3H3. The zero-order valence-electron chi connectivity index (χ0n) is 12.4. The SMILES string of the molecule is CC(C)(C)CN1CCC2(CC1)COc1ccccc12. The summed E-state index contributed by atoms with van der Waals surface area (Å²) in [4.78, 5) is 2.62. The minimum absolute atomic E-state index is 0.297. The molecule has 3 rings (SSSR count). The summed E-state index contributed by atoms with van der Waals surface area (Å²) in [6, 6.07) is 8.61.